The van der Waals surface area contributed by atoms with E-state index in [0.29, 0.717) is 10.7 Å². The molecule has 1 N–H and O–H groups in total. The van der Waals surface area contributed by atoms with E-state index in [1.54, 1.807) is 19.1 Å². The van der Waals surface area contributed by atoms with E-state index in [4.69, 9.17) is 0 Å². The van der Waals surface area contributed by atoms with Gasteiger partial charge in [0.2, 0.25) is 15.7 Å². The molecule has 0 unspecified atom stereocenters. The molecule has 0 aliphatic carbocycles. The standard InChI is InChI=1S/C19H15F2N3O4S/c1-12-3-2-4-14(9-12)29(27,28)18-7-8-19(26)24(23-18)11-17(25)22-16-6-5-13(20)10-15(16)21/h2-10H,11H2,1H3,(H,22,25). The van der Waals surface area contributed by atoms with E-state index in [2.05, 4.69) is 10.4 Å². The van der Waals surface area contributed by atoms with Crippen LogP contribution in [0.25, 0.3) is 0 Å². The number of nitrogens with zero attached hydrogens (tertiary/aromatic N) is 2. The monoisotopic (exact) mass is 419 g/mol. The van der Waals surface area contributed by atoms with E-state index in [-0.39, 0.29) is 10.6 Å². The fourth-order valence-corrected chi connectivity index (χ4v) is 3.80. The zero-order valence-corrected chi connectivity index (χ0v) is 15.9. The number of benzene rings is 2. The summed E-state index contributed by atoms with van der Waals surface area (Å²) < 4.78 is 52.7. The molecule has 2 aromatic carbocycles. The van der Waals surface area contributed by atoms with Crippen molar-refractivity contribution in [2.24, 2.45) is 0 Å². The van der Waals surface area contributed by atoms with Crippen molar-refractivity contribution in [1.29, 1.82) is 0 Å². The Hall–Kier alpha value is -3.40. The van der Waals surface area contributed by atoms with E-state index < -0.39 is 44.5 Å². The molecule has 0 spiro atoms. The van der Waals surface area contributed by atoms with Crippen LogP contribution in [0, 0.1) is 18.6 Å². The molecule has 0 atom stereocenters. The van der Waals surface area contributed by atoms with Gasteiger partial charge in [0, 0.05) is 12.1 Å². The summed E-state index contributed by atoms with van der Waals surface area (Å²) in [5, 5.41) is 5.54. The van der Waals surface area contributed by atoms with Crippen LogP contribution in [-0.2, 0) is 21.2 Å². The molecule has 10 heteroatoms. The van der Waals surface area contributed by atoms with Gasteiger partial charge in [-0.05, 0) is 42.8 Å². The lowest BCUT2D eigenvalue weighted by Gasteiger charge is -2.09. The number of sulfone groups is 1. The van der Waals surface area contributed by atoms with Crippen LogP contribution in [0.1, 0.15) is 5.56 Å². The molecular formula is C19H15F2N3O4S. The van der Waals surface area contributed by atoms with E-state index in [1.165, 1.54) is 12.1 Å². The summed E-state index contributed by atoms with van der Waals surface area (Å²) in [4.78, 5) is 24.1. The van der Waals surface area contributed by atoms with Gasteiger partial charge in [-0.15, -0.1) is 0 Å². The Bertz CT molecular complexity index is 1260. The highest BCUT2D eigenvalue weighted by atomic mass is 32.2. The van der Waals surface area contributed by atoms with Crippen molar-refractivity contribution in [2.45, 2.75) is 23.4 Å². The van der Waals surface area contributed by atoms with Crippen LogP contribution in [0.2, 0.25) is 0 Å². The van der Waals surface area contributed by atoms with Gasteiger partial charge in [-0.1, -0.05) is 12.1 Å². The van der Waals surface area contributed by atoms with Crippen LogP contribution < -0.4 is 10.9 Å². The number of aryl methyl sites for hydroxylation is 1. The molecule has 7 nitrogen and oxygen atoms in total. The Morgan fingerprint density at radius 3 is 2.55 bits per heavy atom. The lowest BCUT2D eigenvalue weighted by molar-refractivity contribution is -0.117. The van der Waals surface area contributed by atoms with Crippen LogP contribution in [0.15, 0.2) is 69.3 Å². The molecular weight excluding hydrogens is 404 g/mol. The van der Waals surface area contributed by atoms with Gasteiger partial charge in [0.15, 0.2) is 5.03 Å². The molecule has 29 heavy (non-hydrogen) atoms. The highest BCUT2D eigenvalue weighted by molar-refractivity contribution is 7.91. The summed E-state index contributed by atoms with van der Waals surface area (Å²) in [6, 6.07) is 10.7. The fraction of sp³-hybridized carbons (Fsp3) is 0.105. The van der Waals surface area contributed by atoms with Crippen LogP contribution in [0.5, 0.6) is 0 Å². The van der Waals surface area contributed by atoms with Gasteiger partial charge in [0.25, 0.3) is 5.56 Å². The quantitative estimate of drug-likeness (QED) is 0.684. The number of anilines is 1. The van der Waals surface area contributed by atoms with Gasteiger partial charge in [-0.2, -0.15) is 5.10 Å². The van der Waals surface area contributed by atoms with Crippen LogP contribution in [-0.4, -0.2) is 24.1 Å². The lowest BCUT2D eigenvalue weighted by Crippen LogP contribution is -2.30. The third-order valence-electron chi connectivity index (χ3n) is 3.92. The minimum absolute atomic E-state index is 0.00645. The summed E-state index contributed by atoms with van der Waals surface area (Å²) in [7, 11) is -4.01. The van der Waals surface area contributed by atoms with Crippen molar-refractivity contribution in [1.82, 2.24) is 9.78 Å². The molecule has 0 aliphatic rings. The Labute approximate surface area is 164 Å². The highest BCUT2D eigenvalue weighted by Gasteiger charge is 2.21. The molecule has 3 rings (SSSR count). The zero-order valence-electron chi connectivity index (χ0n) is 15.1. The number of aromatic nitrogens is 2. The summed E-state index contributed by atoms with van der Waals surface area (Å²) in [5.74, 6) is -2.64. The predicted molar refractivity (Wildman–Crippen MR) is 100 cm³/mol. The van der Waals surface area contributed by atoms with E-state index in [0.717, 1.165) is 29.8 Å². The summed E-state index contributed by atoms with van der Waals surface area (Å²) >= 11 is 0. The van der Waals surface area contributed by atoms with Crippen LogP contribution >= 0.6 is 0 Å². The number of hydrogen-bond donors (Lipinski definition) is 1. The number of halogens is 2. The number of nitrogens with one attached hydrogen (secondary N) is 1. The van der Waals surface area contributed by atoms with Gasteiger partial charge in [-0.25, -0.2) is 21.9 Å². The number of amides is 1. The summed E-state index contributed by atoms with van der Waals surface area (Å²) in [6.45, 7) is 1.07. The Morgan fingerprint density at radius 1 is 1.10 bits per heavy atom. The Morgan fingerprint density at radius 2 is 1.86 bits per heavy atom. The maximum absolute atomic E-state index is 13.7. The van der Waals surface area contributed by atoms with Gasteiger partial charge in [-0.3, -0.25) is 9.59 Å². The van der Waals surface area contributed by atoms with Crippen molar-refractivity contribution in [2.75, 3.05) is 5.32 Å². The first kappa shape index (κ1) is 20.3. The normalized spacial score (nSPS) is 11.3. The average molecular weight is 419 g/mol. The van der Waals surface area contributed by atoms with Crippen molar-refractivity contribution in [3.63, 3.8) is 0 Å². The Kier molecular flexibility index (Phi) is 5.55. The van der Waals surface area contributed by atoms with Crippen molar-refractivity contribution in [3.8, 4) is 0 Å². The predicted octanol–water partition coefficient (Wildman–Crippen LogP) is 2.30. The average Bonchev–Trinajstić information content (AvgIpc) is 2.65. The molecule has 0 radical (unpaired) electrons. The number of carbonyl (C=O) groups is 1. The van der Waals surface area contributed by atoms with Crippen molar-refractivity contribution in [3.05, 3.63) is 82.1 Å². The van der Waals surface area contributed by atoms with Crippen molar-refractivity contribution < 1.29 is 22.0 Å². The molecule has 3 aromatic rings. The van der Waals surface area contributed by atoms with Gasteiger partial charge >= 0.3 is 0 Å². The van der Waals surface area contributed by atoms with Gasteiger partial charge in [0.05, 0.1) is 10.6 Å². The minimum Gasteiger partial charge on any atom is -0.322 e. The largest absolute Gasteiger partial charge is 0.322 e. The Balaban J connectivity index is 1.87. The first-order chi connectivity index (χ1) is 13.7. The second kappa shape index (κ2) is 7.92. The molecule has 0 saturated heterocycles. The smallest absolute Gasteiger partial charge is 0.267 e. The molecule has 1 heterocycles. The first-order valence-corrected chi connectivity index (χ1v) is 9.80. The second-order valence-electron chi connectivity index (χ2n) is 6.16. The highest BCUT2D eigenvalue weighted by Crippen LogP contribution is 2.19. The number of rotatable bonds is 5. The molecule has 0 bridgehead atoms. The molecule has 0 saturated carbocycles. The SMILES string of the molecule is Cc1cccc(S(=O)(=O)c2ccc(=O)n(CC(=O)Nc3ccc(F)cc3F)n2)c1. The topological polar surface area (TPSA) is 98.1 Å². The maximum atomic E-state index is 13.7. The number of carbonyl (C=O) groups excluding carboxylic acids is 1. The van der Waals surface area contributed by atoms with Gasteiger partial charge in [0.1, 0.15) is 18.2 Å². The van der Waals surface area contributed by atoms with Gasteiger partial charge < -0.3 is 5.32 Å². The van der Waals surface area contributed by atoms with E-state index >= 15 is 0 Å². The minimum atomic E-state index is -4.01. The third-order valence-corrected chi connectivity index (χ3v) is 5.56. The van der Waals surface area contributed by atoms with Crippen LogP contribution in [0.3, 0.4) is 0 Å². The molecule has 0 aliphatic heterocycles. The first-order valence-electron chi connectivity index (χ1n) is 8.31. The molecule has 1 aromatic heterocycles. The van der Waals surface area contributed by atoms with E-state index in [9.17, 15) is 26.8 Å². The fourth-order valence-electron chi connectivity index (χ4n) is 2.51. The van der Waals surface area contributed by atoms with E-state index in [1.807, 2.05) is 0 Å². The lowest BCUT2D eigenvalue weighted by atomic mass is 10.2. The summed E-state index contributed by atoms with van der Waals surface area (Å²) in [5.41, 5.74) is -0.281. The second-order valence-corrected chi connectivity index (χ2v) is 8.06. The van der Waals surface area contributed by atoms with Crippen molar-refractivity contribution >= 4 is 21.4 Å². The number of hydrogen-bond acceptors (Lipinski definition) is 5. The molecule has 0 fully saturated rings. The zero-order chi connectivity index (χ0) is 21.2. The molecule has 1 amide bonds. The van der Waals surface area contributed by atoms with Crippen LogP contribution in [0.4, 0.5) is 14.5 Å². The third kappa shape index (κ3) is 4.54. The molecule has 150 valence electrons. The summed E-state index contributed by atoms with van der Waals surface area (Å²) in [6.07, 6.45) is 0. The maximum Gasteiger partial charge on any atom is 0.267 e.